The van der Waals surface area contributed by atoms with Gasteiger partial charge < -0.3 is 4.74 Å². The summed E-state index contributed by atoms with van der Waals surface area (Å²) < 4.78 is 6.83. The molecule has 1 nitrogen and oxygen atoms in total. The number of fused-ring (bicyclic) bond motifs is 1. The molecule has 0 spiro atoms. The van der Waals surface area contributed by atoms with Crippen molar-refractivity contribution in [1.82, 2.24) is 0 Å². The average Bonchev–Trinajstić information content (AvgIpc) is 2.47. The molecule has 3 rings (SSSR count). The molecule has 0 fully saturated rings. The highest BCUT2D eigenvalue weighted by atomic mass is 79.9. The second kappa shape index (κ2) is 5.61. The van der Waals surface area contributed by atoms with Gasteiger partial charge in [-0.1, -0.05) is 52.0 Å². The SMILES string of the molecule is Brc1ccc(C#CC2OCCc3ccccc32)cc1. The Morgan fingerprint density at radius 2 is 1.84 bits per heavy atom. The number of hydrogen-bond acceptors (Lipinski definition) is 1. The van der Waals surface area contributed by atoms with E-state index in [1.54, 1.807) is 0 Å². The van der Waals surface area contributed by atoms with E-state index >= 15 is 0 Å². The van der Waals surface area contributed by atoms with Gasteiger partial charge in [0.25, 0.3) is 0 Å². The van der Waals surface area contributed by atoms with Crippen molar-refractivity contribution in [1.29, 1.82) is 0 Å². The Labute approximate surface area is 121 Å². The Bertz CT molecular complexity index is 634. The Morgan fingerprint density at radius 1 is 1.05 bits per heavy atom. The van der Waals surface area contributed by atoms with Crippen molar-refractivity contribution in [3.63, 3.8) is 0 Å². The minimum Gasteiger partial charge on any atom is -0.360 e. The third-order valence-electron chi connectivity index (χ3n) is 3.19. The molecule has 0 aromatic heterocycles. The van der Waals surface area contributed by atoms with E-state index in [9.17, 15) is 0 Å². The first-order valence-corrected chi connectivity index (χ1v) is 7.09. The van der Waals surface area contributed by atoms with Crippen molar-refractivity contribution in [2.45, 2.75) is 12.5 Å². The van der Waals surface area contributed by atoms with E-state index in [4.69, 9.17) is 4.74 Å². The maximum Gasteiger partial charge on any atom is 0.144 e. The largest absolute Gasteiger partial charge is 0.360 e. The van der Waals surface area contributed by atoms with Crippen LogP contribution in [0.15, 0.2) is 53.0 Å². The van der Waals surface area contributed by atoms with Gasteiger partial charge in [0, 0.05) is 10.0 Å². The molecule has 2 aromatic rings. The lowest BCUT2D eigenvalue weighted by Crippen LogP contribution is -2.14. The summed E-state index contributed by atoms with van der Waals surface area (Å²) in [6, 6.07) is 16.4. The van der Waals surface area contributed by atoms with Gasteiger partial charge in [-0.15, -0.1) is 0 Å². The summed E-state index contributed by atoms with van der Waals surface area (Å²) in [5.74, 6) is 6.41. The summed E-state index contributed by atoms with van der Waals surface area (Å²) in [6.07, 6.45) is 0.876. The van der Waals surface area contributed by atoms with Gasteiger partial charge in [-0.2, -0.15) is 0 Å². The summed E-state index contributed by atoms with van der Waals surface area (Å²) in [4.78, 5) is 0. The van der Waals surface area contributed by atoms with E-state index < -0.39 is 0 Å². The predicted octanol–water partition coefficient (Wildman–Crippen LogP) is 4.11. The summed E-state index contributed by atoms with van der Waals surface area (Å²) in [6.45, 7) is 0.747. The quantitative estimate of drug-likeness (QED) is 0.665. The molecule has 0 saturated carbocycles. The Morgan fingerprint density at radius 3 is 2.68 bits per heavy atom. The molecule has 0 N–H and O–H groups in total. The third kappa shape index (κ3) is 2.89. The molecule has 2 heteroatoms. The molecule has 0 radical (unpaired) electrons. The molecule has 19 heavy (non-hydrogen) atoms. The summed E-state index contributed by atoms with van der Waals surface area (Å²) in [5.41, 5.74) is 3.57. The first-order valence-electron chi connectivity index (χ1n) is 6.29. The third-order valence-corrected chi connectivity index (χ3v) is 3.71. The maximum atomic E-state index is 5.77. The molecular weight excluding hydrogens is 300 g/mol. The van der Waals surface area contributed by atoms with Gasteiger partial charge in [-0.05, 0) is 41.8 Å². The standard InChI is InChI=1S/C17H13BrO/c18-15-8-5-13(6-9-15)7-10-17-16-4-2-1-3-14(16)11-12-19-17/h1-6,8-9,17H,11-12H2. The highest BCUT2D eigenvalue weighted by Crippen LogP contribution is 2.26. The lowest BCUT2D eigenvalue weighted by Gasteiger charge is -2.21. The number of hydrogen-bond donors (Lipinski definition) is 0. The van der Waals surface area contributed by atoms with Crippen molar-refractivity contribution in [3.05, 3.63) is 69.7 Å². The molecule has 94 valence electrons. The average molecular weight is 313 g/mol. The second-order valence-electron chi connectivity index (χ2n) is 4.48. The minimum atomic E-state index is -0.103. The van der Waals surface area contributed by atoms with E-state index in [2.05, 4.69) is 46.0 Å². The van der Waals surface area contributed by atoms with Gasteiger partial charge >= 0.3 is 0 Å². The molecule has 1 unspecified atom stereocenters. The van der Waals surface area contributed by atoms with Crippen LogP contribution >= 0.6 is 15.9 Å². The molecule has 1 aliphatic rings. The minimum absolute atomic E-state index is 0.103. The van der Waals surface area contributed by atoms with Gasteiger partial charge in [0.05, 0.1) is 6.61 Å². The fourth-order valence-corrected chi connectivity index (χ4v) is 2.46. The van der Waals surface area contributed by atoms with Crippen LogP contribution in [0.3, 0.4) is 0 Å². The van der Waals surface area contributed by atoms with Gasteiger partial charge in [-0.25, -0.2) is 0 Å². The van der Waals surface area contributed by atoms with Crippen LogP contribution in [0.1, 0.15) is 22.8 Å². The molecule has 1 aliphatic heterocycles. The lowest BCUT2D eigenvalue weighted by atomic mass is 9.98. The number of benzene rings is 2. The first kappa shape index (κ1) is 12.5. The van der Waals surface area contributed by atoms with Crippen LogP contribution in [-0.4, -0.2) is 6.61 Å². The van der Waals surface area contributed by atoms with E-state index in [1.807, 2.05) is 30.3 Å². The fraction of sp³-hybridized carbons (Fsp3) is 0.176. The number of ether oxygens (including phenoxy) is 1. The molecule has 1 atom stereocenters. The predicted molar refractivity (Wildman–Crippen MR) is 79.9 cm³/mol. The highest BCUT2D eigenvalue weighted by molar-refractivity contribution is 9.10. The fourth-order valence-electron chi connectivity index (χ4n) is 2.20. The monoisotopic (exact) mass is 312 g/mol. The van der Waals surface area contributed by atoms with E-state index in [-0.39, 0.29) is 6.10 Å². The van der Waals surface area contributed by atoms with E-state index in [0.29, 0.717) is 0 Å². The molecule has 1 heterocycles. The van der Waals surface area contributed by atoms with Crippen LogP contribution in [0.25, 0.3) is 0 Å². The van der Waals surface area contributed by atoms with Crippen molar-refractivity contribution >= 4 is 15.9 Å². The zero-order chi connectivity index (χ0) is 13.1. The first-order chi connectivity index (χ1) is 9.33. The van der Waals surface area contributed by atoms with Gasteiger partial charge in [-0.3, -0.25) is 0 Å². The van der Waals surface area contributed by atoms with Gasteiger partial charge in [0.15, 0.2) is 0 Å². The number of halogens is 1. The Hall–Kier alpha value is -1.56. The van der Waals surface area contributed by atoms with Crippen LogP contribution in [0.4, 0.5) is 0 Å². The highest BCUT2D eigenvalue weighted by Gasteiger charge is 2.17. The topological polar surface area (TPSA) is 9.23 Å². The summed E-state index contributed by atoms with van der Waals surface area (Å²) in [5, 5.41) is 0. The zero-order valence-corrected chi connectivity index (χ0v) is 12.0. The van der Waals surface area contributed by atoms with Crippen molar-refractivity contribution in [2.24, 2.45) is 0 Å². The van der Waals surface area contributed by atoms with Crippen LogP contribution in [-0.2, 0) is 11.2 Å². The van der Waals surface area contributed by atoms with Crippen LogP contribution in [0.2, 0.25) is 0 Å². The van der Waals surface area contributed by atoms with Gasteiger partial charge in [0.2, 0.25) is 0 Å². The number of rotatable bonds is 0. The molecule has 0 bridgehead atoms. The molecule has 0 saturated heterocycles. The van der Waals surface area contributed by atoms with E-state index in [1.165, 1.54) is 11.1 Å². The molecular formula is C17H13BrO. The van der Waals surface area contributed by atoms with Crippen molar-refractivity contribution < 1.29 is 4.74 Å². The molecule has 2 aromatic carbocycles. The van der Waals surface area contributed by atoms with Crippen LogP contribution in [0, 0.1) is 11.8 Å². The van der Waals surface area contributed by atoms with Crippen LogP contribution < -0.4 is 0 Å². The molecule has 0 amide bonds. The Balaban J connectivity index is 1.87. The second-order valence-corrected chi connectivity index (χ2v) is 5.39. The smallest absolute Gasteiger partial charge is 0.144 e. The van der Waals surface area contributed by atoms with E-state index in [0.717, 1.165) is 23.1 Å². The molecule has 0 aliphatic carbocycles. The summed E-state index contributed by atoms with van der Waals surface area (Å²) in [7, 11) is 0. The lowest BCUT2D eigenvalue weighted by molar-refractivity contribution is 0.0814. The maximum absolute atomic E-state index is 5.77. The van der Waals surface area contributed by atoms with Gasteiger partial charge in [0.1, 0.15) is 6.10 Å². The summed E-state index contributed by atoms with van der Waals surface area (Å²) >= 11 is 3.42. The zero-order valence-electron chi connectivity index (χ0n) is 10.4. The normalized spacial score (nSPS) is 17.2. The van der Waals surface area contributed by atoms with Crippen LogP contribution in [0.5, 0.6) is 0 Å². The van der Waals surface area contributed by atoms with Crippen molar-refractivity contribution in [3.8, 4) is 11.8 Å². The van der Waals surface area contributed by atoms with Crippen molar-refractivity contribution in [2.75, 3.05) is 6.61 Å². The Kier molecular flexibility index (Phi) is 3.68.